The number of aliphatic hydroxyl groups is 1. The lowest BCUT2D eigenvalue weighted by molar-refractivity contribution is -0.138. The van der Waals surface area contributed by atoms with Crippen LogP contribution in [0.5, 0.6) is 0 Å². The van der Waals surface area contributed by atoms with E-state index in [9.17, 15) is 14.7 Å². The molecule has 5 nitrogen and oxygen atoms in total. The second kappa shape index (κ2) is 5.69. The summed E-state index contributed by atoms with van der Waals surface area (Å²) >= 11 is 0. The highest BCUT2D eigenvalue weighted by Crippen LogP contribution is 2.09. The van der Waals surface area contributed by atoms with Crippen LogP contribution in [0.1, 0.15) is 15.9 Å². The van der Waals surface area contributed by atoms with Gasteiger partial charge in [0.05, 0.1) is 19.8 Å². The van der Waals surface area contributed by atoms with E-state index >= 15 is 0 Å². The third-order valence-corrected chi connectivity index (χ3v) is 2.03. The highest BCUT2D eigenvalue weighted by Gasteiger charge is 2.07. The van der Waals surface area contributed by atoms with Gasteiger partial charge in [-0.05, 0) is 23.8 Å². The van der Waals surface area contributed by atoms with Crippen LogP contribution in [0, 0.1) is 0 Å². The van der Waals surface area contributed by atoms with Crippen molar-refractivity contribution in [3.8, 4) is 0 Å². The van der Waals surface area contributed by atoms with Gasteiger partial charge in [-0.2, -0.15) is 0 Å². The summed E-state index contributed by atoms with van der Waals surface area (Å²) in [6.45, 7) is 0. The lowest BCUT2D eigenvalue weighted by Gasteiger charge is -2.00. The van der Waals surface area contributed by atoms with E-state index in [-0.39, 0.29) is 0 Å². The number of ether oxygens (including phenoxy) is 2. The van der Waals surface area contributed by atoms with Crippen LogP contribution in [-0.2, 0) is 14.3 Å². The summed E-state index contributed by atoms with van der Waals surface area (Å²) in [7, 11) is 2.46. The van der Waals surface area contributed by atoms with E-state index in [1.807, 2.05) is 0 Å². The van der Waals surface area contributed by atoms with Crippen molar-refractivity contribution in [2.45, 2.75) is 0 Å². The van der Waals surface area contributed by atoms with Crippen molar-refractivity contribution in [2.24, 2.45) is 0 Å². The molecule has 0 aliphatic heterocycles. The average molecular weight is 236 g/mol. The molecule has 1 rings (SSSR count). The van der Waals surface area contributed by atoms with Crippen LogP contribution in [0.15, 0.2) is 30.0 Å². The summed E-state index contributed by atoms with van der Waals surface area (Å²) in [5.41, 5.74) is 0.961. The van der Waals surface area contributed by atoms with Crippen LogP contribution in [0.2, 0.25) is 0 Å². The van der Waals surface area contributed by atoms with Crippen LogP contribution in [-0.4, -0.2) is 31.3 Å². The Morgan fingerprint density at radius 1 is 1.12 bits per heavy atom. The Balaban J connectivity index is 2.88. The maximum absolute atomic E-state index is 11.1. The van der Waals surface area contributed by atoms with Crippen molar-refractivity contribution < 1.29 is 24.2 Å². The molecule has 0 bridgehead atoms. The first-order valence-corrected chi connectivity index (χ1v) is 4.76. The molecule has 0 saturated carbocycles. The zero-order chi connectivity index (χ0) is 12.8. The lowest BCUT2D eigenvalue weighted by Crippen LogP contribution is -2.03. The smallest absolute Gasteiger partial charge is 0.373 e. The first-order valence-electron chi connectivity index (χ1n) is 4.76. The minimum atomic E-state index is -0.818. The van der Waals surface area contributed by atoms with Crippen LogP contribution in [0.3, 0.4) is 0 Å². The number of methoxy groups -OCH3 is 2. The number of carbonyl (C=O) groups excluding carboxylic acids is 2. The first-order chi connectivity index (χ1) is 8.08. The van der Waals surface area contributed by atoms with Gasteiger partial charge < -0.3 is 14.6 Å². The normalized spacial score (nSPS) is 10.8. The van der Waals surface area contributed by atoms with Crippen LogP contribution < -0.4 is 0 Å². The van der Waals surface area contributed by atoms with Gasteiger partial charge in [-0.1, -0.05) is 12.1 Å². The van der Waals surface area contributed by atoms with E-state index in [0.717, 1.165) is 0 Å². The molecule has 1 N–H and O–H groups in total. The van der Waals surface area contributed by atoms with Crippen LogP contribution >= 0.6 is 0 Å². The van der Waals surface area contributed by atoms with Gasteiger partial charge in [0.15, 0.2) is 0 Å². The minimum absolute atomic E-state index is 0.391. The fourth-order valence-electron chi connectivity index (χ4n) is 1.15. The minimum Gasteiger partial charge on any atom is -0.502 e. The Kier molecular flexibility index (Phi) is 4.28. The number of esters is 2. The monoisotopic (exact) mass is 236 g/mol. The van der Waals surface area contributed by atoms with Crippen molar-refractivity contribution in [1.82, 2.24) is 0 Å². The number of hydrogen-bond donors (Lipinski definition) is 1. The van der Waals surface area contributed by atoms with Gasteiger partial charge in [-0.25, -0.2) is 9.59 Å². The predicted octanol–water partition coefficient (Wildman–Crippen LogP) is 1.55. The molecule has 0 amide bonds. The standard InChI is InChI=1S/C12H12O5/c1-16-11(14)9-5-3-8(4-6-9)7-10(13)12(15)17-2/h3-7,13H,1-2H3/b10-7-. The molecule has 0 heterocycles. The van der Waals surface area contributed by atoms with Gasteiger partial charge in [-0.3, -0.25) is 0 Å². The Morgan fingerprint density at radius 2 is 1.71 bits per heavy atom. The largest absolute Gasteiger partial charge is 0.502 e. The van der Waals surface area contributed by atoms with Gasteiger partial charge in [-0.15, -0.1) is 0 Å². The SMILES string of the molecule is COC(=O)/C(O)=C/c1ccc(C(=O)OC)cc1. The Labute approximate surface area is 98.3 Å². The van der Waals surface area contributed by atoms with E-state index in [0.29, 0.717) is 11.1 Å². The molecule has 17 heavy (non-hydrogen) atoms. The third-order valence-electron chi connectivity index (χ3n) is 2.03. The highest BCUT2D eigenvalue weighted by molar-refractivity contribution is 5.92. The molecule has 1 aromatic carbocycles. The summed E-state index contributed by atoms with van der Waals surface area (Å²) < 4.78 is 8.87. The molecule has 90 valence electrons. The lowest BCUT2D eigenvalue weighted by atomic mass is 10.1. The molecule has 0 fully saturated rings. The van der Waals surface area contributed by atoms with E-state index < -0.39 is 17.7 Å². The van der Waals surface area contributed by atoms with Crippen molar-refractivity contribution in [1.29, 1.82) is 0 Å². The van der Waals surface area contributed by atoms with Crippen molar-refractivity contribution >= 4 is 18.0 Å². The van der Waals surface area contributed by atoms with Gasteiger partial charge in [0, 0.05) is 0 Å². The molecule has 0 atom stereocenters. The maximum atomic E-state index is 11.1. The van der Waals surface area contributed by atoms with Crippen LogP contribution in [0.4, 0.5) is 0 Å². The second-order valence-corrected chi connectivity index (χ2v) is 3.13. The molecule has 0 unspecified atom stereocenters. The summed E-state index contributed by atoms with van der Waals surface area (Å²) in [6, 6.07) is 6.21. The summed E-state index contributed by atoms with van der Waals surface area (Å²) in [6.07, 6.45) is 1.24. The number of benzene rings is 1. The average Bonchev–Trinajstić information content (AvgIpc) is 2.37. The molecular weight excluding hydrogens is 224 g/mol. The first kappa shape index (κ1) is 12.8. The Hall–Kier alpha value is -2.30. The fourth-order valence-corrected chi connectivity index (χ4v) is 1.15. The molecule has 0 aliphatic rings. The molecule has 0 aromatic heterocycles. The second-order valence-electron chi connectivity index (χ2n) is 3.13. The molecule has 1 aromatic rings. The fraction of sp³-hybridized carbons (Fsp3) is 0.167. The molecular formula is C12H12O5. The van der Waals surface area contributed by atoms with Gasteiger partial charge in [0.2, 0.25) is 5.76 Å². The quantitative estimate of drug-likeness (QED) is 0.489. The van der Waals surface area contributed by atoms with Gasteiger partial charge in [0.25, 0.3) is 0 Å². The van der Waals surface area contributed by atoms with E-state index in [2.05, 4.69) is 9.47 Å². The summed E-state index contributed by atoms with van der Waals surface area (Å²) in [5.74, 6) is -1.77. The molecule has 5 heteroatoms. The number of carbonyl (C=O) groups is 2. The number of hydrogen-bond acceptors (Lipinski definition) is 5. The van der Waals surface area contributed by atoms with E-state index in [1.165, 1.54) is 32.4 Å². The number of aliphatic hydroxyl groups excluding tert-OH is 1. The molecule has 0 spiro atoms. The zero-order valence-corrected chi connectivity index (χ0v) is 9.47. The van der Waals surface area contributed by atoms with Crippen LogP contribution in [0.25, 0.3) is 6.08 Å². The van der Waals surface area contributed by atoms with Gasteiger partial charge in [0.1, 0.15) is 0 Å². The van der Waals surface area contributed by atoms with Gasteiger partial charge >= 0.3 is 11.9 Å². The molecule has 0 radical (unpaired) electrons. The third kappa shape index (κ3) is 3.34. The Morgan fingerprint density at radius 3 is 2.18 bits per heavy atom. The molecule has 0 aliphatic carbocycles. The maximum Gasteiger partial charge on any atom is 0.373 e. The van der Waals surface area contributed by atoms with Crippen molar-refractivity contribution in [3.05, 3.63) is 41.2 Å². The predicted molar refractivity (Wildman–Crippen MR) is 60.4 cm³/mol. The summed E-state index contributed by atoms with van der Waals surface area (Å²) in [4.78, 5) is 22.1. The van der Waals surface area contributed by atoms with E-state index in [4.69, 9.17) is 0 Å². The number of rotatable bonds is 3. The van der Waals surface area contributed by atoms with E-state index in [1.54, 1.807) is 12.1 Å². The molecule has 0 saturated heterocycles. The zero-order valence-electron chi connectivity index (χ0n) is 9.47. The van der Waals surface area contributed by atoms with Crippen molar-refractivity contribution in [3.63, 3.8) is 0 Å². The Bertz CT molecular complexity index is 444. The topological polar surface area (TPSA) is 72.8 Å². The highest BCUT2D eigenvalue weighted by atomic mass is 16.5. The van der Waals surface area contributed by atoms with Crippen molar-refractivity contribution in [2.75, 3.05) is 14.2 Å². The summed E-state index contributed by atoms with van der Waals surface area (Å²) in [5, 5.41) is 9.29.